The van der Waals surface area contributed by atoms with Crippen LogP contribution in [0.5, 0.6) is 11.5 Å². The fourth-order valence-corrected chi connectivity index (χ4v) is 1.70. The van der Waals surface area contributed by atoms with Crippen LogP contribution < -0.4 is 15.2 Å². The van der Waals surface area contributed by atoms with Crippen molar-refractivity contribution in [3.63, 3.8) is 0 Å². The molecule has 2 N–H and O–H groups in total. The predicted molar refractivity (Wildman–Crippen MR) is 61.9 cm³/mol. The maximum atomic E-state index is 6.13. The van der Waals surface area contributed by atoms with Crippen LogP contribution in [0.25, 0.3) is 0 Å². The molecule has 0 aliphatic rings. The molecule has 0 unspecified atom stereocenters. The van der Waals surface area contributed by atoms with Gasteiger partial charge in [-0.25, -0.2) is 0 Å². The average molecular weight is 230 g/mol. The molecule has 0 spiro atoms. The van der Waals surface area contributed by atoms with Crippen LogP contribution in [0.3, 0.4) is 0 Å². The topological polar surface area (TPSA) is 44.5 Å². The van der Waals surface area contributed by atoms with Crippen molar-refractivity contribution >= 4 is 11.6 Å². The van der Waals surface area contributed by atoms with Gasteiger partial charge in [0.05, 0.1) is 19.2 Å². The van der Waals surface area contributed by atoms with E-state index in [1.807, 2.05) is 6.07 Å². The van der Waals surface area contributed by atoms with Gasteiger partial charge in [0.2, 0.25) is 0 Å². The van der Waals surface area contributed by atoms with E-state index in [1.54, 1.807) is 20.3 Å². The Hall–Kier alpha value is -0.930. The Kier molecular flexibility index (Phi) is 4.72. The molecule has 0 aliphatic heterocycles. The molecule has 1 rings (SSSR count). The lowest BCUT2D eigenvalue weighted by Crippen LogP contribution is -2.02. The monoisotopic (exact) mass is 229 g/mol. The second-order valence-electron chi connectivity index (χ2n) is 3.18. The van der Waals surface area contributed by atoms with Crippen molar-refractivity contribution in [1.82, 2.24) is 0 Å². The summed E-state index contributed by atoms with van der Waals surface area (Å²) in [6.45, 7) is 0.644. The summed E-state index contributed by atoms with van der Waals surface area (Å²) in [5.74, 6) is 1.46. The lowest BCUT2D eigenvalue weighted by atomic mass is 10.1. The number of ether oxygens (including phenoxy) is 2. The number of rotatable bonds is 5. The molecule has 0 aromatic heterocycles. The summed E-state index contributed by atoms with van der Waals surface area (Å²) >= 11 is 6.13. The summed E-state index contributed by atoms with van der Waals surface area (Å²) < 4.78 is 10.4. The van der Waals surface area contributed by atoms with Crippen LogP contribution >= 0.6 is 11.6 Å². The highest BCUT2D eigenvalue weighted by Gasteiger charge is 2.10. The van der Waals surface area contributed by atoms with Crippen molar-refractivity contribution < 1.29 is 9.47 Å². The molecular weight excluding hydrogens is 214 g/mol. The van der Waals surface area contributed by atoms with E-state index in [1.165, 1.54) is 0 Å². The Morgan fingerprint density at radius 3 is 2.53 bits per heavy atom. The highest BCUT2D eigenvalue weighted by atomic mass is 35.5. The zero-order chi connectivity index (χ0) is 11.3. The van der Waals surface area contributed by atoms with E-state index < -0.39 is 0 Å². The highest BCUT2D eigenvalue weighted by Crippen LogP contribution is 2.32. The maximum Gasteiger partial charge on any atom is 0.127 e. The van der Waals surface area contributed by atoms with Crippen molar-refractivity contribution in [3.8, 4) is 11.5 Å². The molecule has 84 valence electrons. The van der Waals surface area contributed by atoms with Crippen molar-refractivity contribution in [2.75, 3.05) is 20.8 Å². The number of halogens is 1. The quantitative estimate of drug-likeness (QED) is 0.842. The molecule has 15 heavy (non-hydrogen) atoms. The van der Waals surface area contributed by atoms with Gasteiger partial charge < -0.3 is 15.2 Å². The van der Waals surface area contributed by atoms with Crippen molar-refractivity contribution in [1.29, 1.82) is 0 Å². The van der Waals surface area contributed by atoms with Crippen LogP contribution in [0.2, 0.25) is 5.02 Å². The zero-order valence-corrected chi connectivity index (χ0v) is 9.80. The van der Waals surface area contributed by atoms with Crippen LogP contribution in [-0.4, -0.2) is 20.8 Å². The second-order valence-corrected chi connectivity index (χ2v) is 3.59. The fourth-order valence-electron chi connectivity index (χ4n) is 1.41. The fraction of sp³-hybridized carbons (Fsp3) is 0.455. The van der Waals surface area contributed by atoms with Crippen LogP contribution in [-0.2, 0) is 6.42 Å². The molecule has 0 amide bonds. The third-order valence-electron chi connectivity index (χ3n) is 2.21. The Labute approximate surface area is 95.1 Å². The summed E-state index contributed by atoms with van der Waals surface area (Å²) in [5, 5.41) is 0.666. The van der Waals surface area contributed by atoms with Gasteiger partial charge in [0.25, 0.3) is 0 Å². The Bertz CT molecular complexity index is 329. The first-order valence-electron chi connectivity index (χ1n) is 4.83. The van der Waals surface area contributed by atoms with Crippen molar-refractivity contribution in [2.24, 2.45) is 5.73 Å². The molecule has 4 heteroatoms. The highest BCUT2D eigenvalue weighted by molar-refractivity contribution is 6.31. The average Bonchev–Trinajstić information content (AvgIpc) is 2.26. The number of benzene rings is 1. The van der Waals surface area contributed by atoms with E-state index in [0.717, 1.165) is 24.2 Å². The Morgan fingerprint density at radius 1 is 1.27 bits per heavy atom. The lowest BCUT2D eigenvalue weighted by molar-refractivity contribution is 0.391. The minimum Gasteiger partial charge on any atom is -0.497 e. The predicted octanol–water partition coefficient (Wildman–Crippen LogP) is 2.25. The summed E-state index contributed by atoms with van der Waals surface area (Å²) in [6, 6.07) is 3.62. The minimum atomic E-state index is 0.644. The molecule has 0 heterocycles. The molecule has 0 saturated heterocycles. The molecule has 0 atom stereocenters. The van der Waals surface area contributed by atoms with Crippen molar-refractivity contribution in [2.45, 2.75) is 12.8 Å². The smallest absolute Gasteiger partial charge is 0.127 e. The van der Waals surface area contributed by atoms with Gasteiger partial charge in [-0.15, -0.1) is 0 Å². The normalized spacial score (nSPS) is 10.1. The van der Waals surface area contributed by atoms with E-state index in [9.17, 15) is 0 Å². The number of hydrogen-bond acceptors (Lipinski definition) is 3. The maximum absolute atomic E-state index is 6.13. The van der Waals surface area contributed by atoms with Gasteiger partial charge in [0.15, 0.2) is 0 Å². The summed E-state index contributed by atoms with van der Waals surface area (Å²) in [6.07, 6.45) is 1.71. The van der Waals surface area contributed by atoms with Gasteiger partial charge in [-0.05, 0) is 25.5 Å². The van der Waals surface area contributed by atoms with Gasteiger partial charge >= 0.3 is 0 Å². The largest absolute Gasteiger partial charge is 0.497 e. The van der Waals surface area contributed by atoms with E-state index in [4.69, 9.17) is 26.8 Å². The molecular formula is C11H16ClNO2. The SMILES string of the molecule is COc1cc(Cl)c(CCCN)c(OC)c1. The minimum absolute atomic E-state index is 0.644. The third-order valence-corrected chi connectivity index (χ3v) is 2.55. The molecule has 1 aromatic carbocycles. The second kappa shape index (κ2) is 5.83. The van der Waals surface area contributed by atoms with E-state index in [2.05, 4.69) is 0 Å². The number of nitrogens with two attached hydrogens (primary N) is 1. The molecule has 0 radical (unpaired) electrons. The van der Waals surface area contributed by atoms with E-state index >= 15 is 0 Å². The van der Waals surface area contributed by atoms with Gasteiger partial charge in [-0.3, -0.25) is 0 Å². The first-order valence-corrected chi connectivity index (χ1v) is 5.21. The van der Waals surface area contributed by atoms with E-state index in [-0.39, 0.29) is 0 Å². The Balaban J connectivity index is 3.01. The number of methoxy groups -OCH3 is 2. The van der Waals surface area contributed by atoms with Crippen LogP contribution in [0.15, 0.2) is 12.1 Å². The molecule has 0 saturated carbocycles. The summed E-state index contributed by atoms with van der Waals surface area (Å²) in [5.41, 5.74) is 6.46. The van der Waals surface area contributed by atoms with Gasteiger partial charge in [-0.2, -0.15) is 0 Å². The molecule has 0 aliphatic carbocycles. The zero-order valence-electron chi connectivity index (χ0n) is 9.05. The molecule has 0 fully saturated rings. The number of hydrogen-bond donors (Lipinski definition) is 1. The van der Waals surface area contributed by atoms with Crippen LogP contribution in [0, 0.1) is 0 Å². The third kappa shape index (κ3) is 3.01. The van der Waals surface area contributed by atoms with Crippen molar-refractivity contribution in [3.05, 3.63) is 22.7 Å². The molecule has 3 nitrogen and oxygen atoms in total. The van der Waals surface area contributed by atoms with Crippen LogP contribution in [0.4, 0.5) is 0 Å². The van der Waals surface area contributed by atoms with Gasteiger partial charge in [0, 0.05) is 11.6 Å². The standard InChI is InChI=1S/C11H16ClNO2/c1-14-8-6-10(12)9(4-3-5-13)11(7-8)15-2/h6-7H,3-5,13H2,1-2H3. The molecule has 1 aromatic rings. The summed E-state index contributed by atoms with van der Waals surface area (Å²) in [4.78, 5) is 0. The van der Waals surface area contributed by atoms with E-state index in [0.29, 0.717) is 17.3 Å². The molecule has 0 bridgehead atoms. The lowest BCUT2D eigenvalue weighted by Gasteiger charge is -2.12. The first kappa shape index (κ1) is 12.1. The first-order chi connectivity index (χ1) is 7.22. The van der Waals surface area contributed by atoms with Crippen LogP contribution in [0.1, 0.15) is 12.0 Å². The van der Waals surface area contributed by atoms with Gasteiger partial charge in [-0.1, -0.05) is 11.6 Å². The Morgan fingerprint density at radius 2 is 2.00 bits per heavy atom. The summed E-state index contributed by atoms with van der Waals surface area (Å²) in [7, 11) is 3.22. The van der Waals surface area contributed by atoms with Gasteiger partial charge in [0.1, 0.15) is 11.5 Å².